The lowest BCUT2D eigenvalue weighted by Crippen LogP contribution is -2.53. The van der Waals surface area contributed by atoms with Crippen LogP contribution in [0.3, 0.4) is 0 Å². The Morgan fingerprint density at radius 1 is 1.03 bits per heavy atom. The molecular weight excluding hydrogens is 511 g/mol. The van der Waals surface area contributed by atoms with Crippen LogP contribution in [0.15, 0.2) is 59.5 Å². The van der Waals surface area contributed by atoms with Gasteiger partial charge < -0.3 is 15.5 Å². The van der Waals surface area contributed by atoms with E-state index in [0.29, 0.717) is 6.42 Å². The maximum atomic E-state index is 13.4. The van der Waals surface area contributed by atoms with Crippen molar-refractivity contribution in [3.05, 3.63) is 66.0 Å². The zero-order valence-electron chi connectivity index (χ0n) is 22.6. The Morgan fingerprint density at radius 2 is 1.61 bits per heavy atom. The molecule has 0 aliphatic heterocycles. The minimum absolute atomic E-state index is 0.102. The van der Waals surface area contributed by atoms with Crippen molar-refractivity contribution in [2.45, 2.75) is 64.5 Å². The summed E-state index contributed by atoms with van der Waals surface area (Å²) in [7, 11) is -4.08. The highest BCUT2D eigenvalue weighted by Gasteiger charge is 2.40. The molecule has 0 saturated carbocycles. The molecule has 0 spiro atoms. The van der Waals surface area contributed by atoms with E-state index in [9.17, 15) is 32.6 Å². The molecule has 0 aliphatic rings. The minimum atomic E-state index is -4.08. The fourth-order valence-electron chi connectivity index (χ4n) is 3.78. The molecule has 38 heavy (non-hydrogen) atoms. The molecule has 3 N–H and O–H groups in total. The number of carbonyl (C=O) groups is 2. The number of aliphatic hydroxyl groups is 1. The Labute approximate surface area is 224 Å². The van der Waals surface area contributed by atoms with Gasteiger partial charge in [-0.25, -0.2) is 12.8 Å². The van der Waals surface area contributed by atoms with Gasteiger partial charge in [0.25, 0.3) is 0 Å². The van der Waals surface area contributed by atoms with Crippen molar-refractivity contribution >= 4 is 21.9 Å². The number of aliphatic carboxylic acids is 1. The van der Waals surface area contributed by atoms with Crippen LogP contribution in [-0.4, -0.2) is 60.0 Å². The first-order valence-corrected chi connectivity index (χ1v) is 14.1. The van der Waals surface area contributed by atoms with Gasteiger partial charge in [-0.2, -0.15) is 4.31 Å². The molecule has 8 nitrogen and oxygen atoms in total. The zero-order valence-corrected chi connectivity index (χ0v) is 23.4. The van der Waals surface area contributed by atoms with Gasteiger partial charge in [0, 0.05) is 13.1 Å². The molecule has 0 saturated heterocycles. The largest absolute Gasteiger partial charge is 0.481 e. The van der Waals surface area contributed by atoms with E-state index in [1.54, 1.807) is 0 Å². The van der Waals surface area contributed by atoms with Gasteiger partial charge >= 0.3 is 5.97 Å². The molecule has 0 bridgehead atoms. The number of halogens is 1. The number of carboxylic acids is 1. The van der Waals surface area contributed by atoms with Crippen LogP contribution in [0.25, 0.3) is 0 Å². The first-order chi connectivity index (χ1) is 17.7. The van der Waals surface area contributed by atoms with Crippen LogP contribution >= 0.6 is 0 Å². The Kier molecular flexibility index (Phi) is 11.0. The average Bonchev–Trinajstić information content (AvgIpc) is 2.85. The Balaban J connectivity index is 2.37. The summed E-state index contributed by atoms with van der Waals surface area (Å²) in [6.45, 7) is 8.09. The van der Waals surface area contributed by atoms with Crippen LogP contribution in [0.1, 0.15) is 46.6 Å². The van der Waals surface area contributed by atoms with Crippen molar-refractivity contribution < 1.29 is 32.6 Å². The van der Waals surface area contributed by atoms with E-state index in [0.717, 1.165) is 22.0 Å². The maximum Gasteiger partial charge on any atom is 0.309 e. The summed E-state index contributed by atoms with van der Waals surface area (Å²) in [5, 5.41) is 23.6. The molecule has 3 atom stereocenters. The summed E-state index contributed by atoms with van der Waals surface area (Å²) in [6.07, 6.45) is -0.600. The molecule has 0 fully saturated rings. The van der Waals surface area contributed by atoms with Gasteiger partial charge in [0.2, 0.25) is 15.9 Å². The first-order valence-electron chi connectivity index (χ1n) is 12.7. The monoisotopic (exact) mass is 550 g/mol. The van der Waals surface area contributed by atoms with Gasteiger partial charge in [0.15, 0.2) is 0 Å². The lowest BCUT2D eigenvalue weighted by molar-refractivity contribution is -0.153. The molecule has 2 aromatic carbocycles. The van der Waals surface area contributed by atoms with Crippen LogP contribution in [0.2, 0.25) is 0 Å². The summed E-state index contributed by atoms with van der Waals surface area (Å²) < 4.78 is 41.5. The van der Waals surface area contributed by atoms with E-state index in [2.05, 4.69) is 5.32 Å². The second-order valence-electron chi connectivity index (χ2n) is 10.6. The average molecular weight is 551 g/mol. The number of aliphatic hydroxyl groups excluding tert-OH is 1. The second-order valence-corrected chi connectivity index (χ2v) is 12.6. The standard InChI is InChI=1S/C28H39FN2O6S/c1-19(2)15-16-31(38(36,37)23-13-11-22(29)12-14-23)18-25(32)24(17-21-9-7-6-8-10-21)30-26(33)20(3)28(4,5)27(34)35/h6-14,19-20,24-25,32H,15-18H2,1-5H3,(H,30,33)(H,34,35). The van der Waals surface area contributed by atoms with Crippen LogP contribution in [0.4, 0.5) is 4.39 Å². The fraction of sp³-hybridized carbons (Fsp3) is 0.500. The van der Waals surface area contributed by atoms with E-state index in [4.69, 9.17) is 0 Å². The molecule has 0 heterocycles. The zero-order chi connectivity index (χ0) is 28.7. The third kappa shape index (κ3) is 8.34. The molecule has 1 amide bonds. The lowest BCUT2D eigenvalue weighted by atomic mass is 9.79. The number of sulfonamides is 1. The minimum Gasteiger partial charge on any atom is -0.481 e. The van der Waals surface area contributed by atoms with Gasteiger partial charge in [-0.3, -0.25) is 9.59 Å². The third-order valence-corrected chi connectivity index (χ3v) is 8.79. The molecule has 210 valence electrons. The van der Waals surface area contributed by atoms with Gasteiger partial charge in [0.05, 0.1) is 28.4 Å². The summed E-state index contributed by atoms with van der Waals surface area (Å²) in [5.41, 5.74) is -0.557. The predicted octanol–water partition coefficient (Wildman–Crippen LogP) is 3.70. The molecule has 0 radical (unpaired) electrons. The number of carboxylic acid groups (broad SMARTS) is 1. The SMILES string of the molecule is CC(C)CCN(CC(O)C(Cc1ccccc1)NC(=O)C(C)C(C)(C)C(=O)O)S(=O)(=O)c1ccc(F)cc1. The number of amides is 1. The summed E-state index contributed by atoms with van der Waals surface area (Å²) in [4.78, 5) is 24.7. The van der Waals surface area contributed by atoms with Crippen LogP contribution < -0.4 is 5.32 Å². The molecular formula is C28H39FN2O6S. The number of hydrogen-bond donors (Lipinski definition) is 3. The van der Waals surface area contributed by atoms with Gasteiger partial charge in [-0.15, -0.1) is 0 Å². The van der Waals surface area contributed by atoms with Crippen LogP contribution in [-0.2, 0) is 26.0 Å². The number of nitrogens with zero attached hydrogens (tertiary/aromatic N) is 1. The Morgan fingerprint density at radius 3 is 2.13 bits per heavy atom. The summed E-state index contributed by atoms with van der Waals surface area (Å²) in [6, 6.07) is 12.7. The van der Waals surface area contributed by atoms with Gasteiger partial charge in [0.1, 0.15) is 5.82 Å². The Bertz CT molecular complexity index is 1170. The van der Waals surface area contributed by atoms with Crippen molar-refractivity contribution in [3.8, 4) is 0 Å². The quantitative estimate of drug-likeness (QED) is 0.330. The Hall–Kier alpha value is -2.82. The first kappa shape index (κ1) is 31.4. The van der Waals surface area contributed by atoms with Crippen LogP contribution in [0.5, 0.6) is 0 Å². The second kappa shape index (κ2) is 13.3. The maximum absolute atomic E-state index is 13.4. The number of rotatable bonds is 14. The highest BCUT2D eigenvalue weighted by molar-refractivity contribution is 7.89. The van der Waals surface area contributed by atoms with Gasteiger partial charge in [-0.05, 0) is 62.4 Å². The third-order valence-electron chi connectivity index (χ3n) is 6.92. The smallest absolute Gasteiger partial charge is 0.309 e. The van der Waals surface area contributed by atoms with Crippen molar-refractivity contribution in [2.24, 2.45) is 17.3 Å². The number of hydrogen-bond acceptors (Lipinski definition) is 5. The topological polar surface area (TPSA) is 124 Å². The van der Waals surface area contributed by atoms with Crippen molar-refractivity contribution in [1.29, 1.82) is 0 Å². The number of carbonyl (C=O) groups excluding carboxylic acids is 1. The van der Waals surface area contributed by atoms with Crippen LogP contribution in [0, 0.1) is 23.1 Å². The summed E-state index contributed by atoms with van der Waals surface area (Å²) >= 11 is 0. The normalized spacial score (nSPS) is 14.8. The predicted molar refractivity (Wildman–Crippen MR) is 143 cm³/mol. The highest BCUT2D eigenvalue weighted by Crippen LogP contribution is 2.27. The van der Waals surface area contributed by atoms with Gasteiger partial charge in [-0.1, -0.05) is 51.1 Å². The molecule has 10 heteroatoms. The lowest BCUT2D eigenvalue weighted by Gasteiger charge is -2.32. The van der Waals surface area contributed by atoms with E-state index >= 15 is 0 Å². The van der Waals surface area contributed by atoms with E-state index in [1.165, 1.54) is 32.9 Å². The van der Waals surface area contributed by atoms with E-state index < -0.39 is 51.2 Å². The number of benzene rings is 2. The van der Waals surface area contributed by atoms with Crippen molar-refractivity contribution in [2.75, 3.05) is 13.1 Å². The fourth-order valence-corrected chi connectivity index (χ4v) is 5.25. The van der Waals surface area contributed by atoms with Crippen molar-refractivity contribution in [3.63, 3.8) is 0 Å². The molecule has 0 aliphatic carbocycles. The van der Waals surface area contributed by atoms with E-state index in [-0.39, 0.29) is 30.3 Å². The summed E-state index contributed by atoms with van der Waals surface area (Å²) in [5.74, 6) is -3.01. The highest BCUT2D eigenvalue weighted by atomic mass is 32.2. The number of nitrogens with one attached hydrogen (secondary N) is 1. The molecule has 2 rings (SSSR count). The molecule has 0 aromatic heterocycles. The van der Waals surface area contributed by atoms with Crippen molar-refractivity contribution in [1.82, 2.24) is 9.62 Å². The molecule has 2 aromatic rings. The molecule has 3 unspecified atom stereocenters. The van der Waals surface area contributed by atoms with E-state index in [1.807, 2.05) is 44.2 Å².